The number of amides is 2. The Kier molecular flexibility index (Phi) is 5.61. The molecule has 0 radical (unpaired) electrons. The third-order valence-electron chi connectivity index (χ3n) is 6.72. The number of carbonyl (C=O) groups excluding carboxylic acids is 2. The van der Waals surface area contributed by atoms with Crippen LogP contribution in [0.1, 0.15) is 42.5 Å². The molecule has 0 saturated carbocycles. The van der Waals surface area contributed by atoms with E-state index in [1.807, 2.05) is 4.90 Å². The first kappa shape index (κ1) is 20.9. The Hall–Kier alpha value is -2.36. The molecule has 0 bridgehead atoms. The smallest absolute Gasteiger partial charge is 0.256 e. The highest BCUT2D eigenvalue weighted by molar-refractivity contribution is 6.02. The number of anilines is 2. The van der Waals surface area contributed by atoms with Gasteiger partial charge in [-0.2, -0.15) is 0 Å². The fraction of sp³-hybridized carbons (Fsp3) is 0.619. The number of nitrogens with one attached hydrogen (secondary N) is 1. The lowest BCUT2D eigenvalue weighted by Gasteiger charge is -2.41. The Morgan fingerprint density at radius 2 is 1.70 bits per heavy atom. The molecule has 0 aromatic heterocycles. The average molecular weight is 418 g/mol. The van der Waals surface area contributed by atoms with Gasteiger partial charge in [0.1, 0.15) is 5.60 Å². The number of aliphatic hydroxyl groups is 1. The molecule has 3 saturated heterocycles. The number of nitrogens with zero attached hydrogens (tertiary/aromatic N) is 1. The van der Waals surface area contributed by atoms with Crippen molar-refractivity contribution in [2.75, 3.05) is 44.4 Å². The van der Waals surface area contributed by atoms with Gasteiger partial charge in [-0.05, 0) is 31.4 Å². The molecular formula is C21H30N4O5. The Balaban J connectivity index is 1.56. The molecule has 1 spiro atoms. The van der Waals surface area contributed by atoms with E-state index in [0.29, 0.717) is 63.5 Å². The monoisotopic (exact) mass is 418 g/mol. The molecule has 9 nitrogen and oxygen atoms in total. The highest BCUT2D eigenvalue weighted by Crippen LogP contribution is 2.40. The number of rotatable bonds is 3. The van der Waals surface area contributed by atoms with E-state index in [-0.39, 0.29) is 30.5 Å². The highest BCUT2D eigenvalue weighted by Gasteiger charge is 2.50. The van der Waals surface area contributed by atoms with E-state index >= 15 is 0 Å². The molecule has 164 valence electrons. The minimum Gasteiger partial charge on any atom is -0.397 e. The fourth-order valence-corrected chi connectivity index (χ4v) is 4.84. The van der Waals surface area contributed by atoms with Gasteiger partial charge in [-0.1, -0.05) is 6.07 Å². The molecule has 1 aromatic rings. The zero-order valence-electron chi connectivity index (χ0n) is 17.1. The Bertz CT molecular complexity index is 818. The maximum atomic E-state index is 13.5. The molecule has 3 aliphatic heterocycles. The summed E-state index contributed by atoms with van der Waals surface area (Å²) < 4.78 is 10.8. The Labute approximate surface area is 175 Å². The molecule has 2 amide bonds. The number of nitrogen functional groups attached to an aromatic ring is 2. The van der Waals surface area contributed by atoms with Gasteiger partial charge in [0, 0.05) is 57.4 Å². The van der Waals surface area contributed by atoms with Crippen LogP contribution in [0, 0.1) is 0 Å². The number of ether oxygens (including phenoxy) is 2. The Morgan fingerprint density at radius 1 is 1.07 bits per heavy atom. The summed E-state index contributed by atoms with van der Waals surface area (Å²) in [7, 11) is 0. The van der Waals surface area contributed by atoms with E-state index in [4.69, 9.17) is 20.9 Å². The zero-order valence-corrected chi connectivity index (χ0v) is 17.1. The molecule has 6 N–H and O–H groups in total. The molecule has 30 heavy (non-hydrogen) atoms. The van der Waals surface area contributed by atoms with Crippen molar-refractivity contribution in [3.63, 3.8) is 0 Å². The quantitative estimate of drug-likeness (QED) is 0.517. The van der Waals surface area contributed by atoms with Gasteiger partial charge in [-0.15, -0.1) is 0 Å². The van der Waals surface area contributed by atoms with Crippen LogP contribution in [0.4, 0.5) is 11.4 Å². The first-order chi connectivity index (χ1) is 14.3. The lowest BCUT2D eigenvalue weighted by Crippen LogP contribution is -2.53. The van der Waals surface area contributed by atoms with Crippen LogP contribution in [-0.2, 0) is 14.3 Å². The number of para-hydroxylation sites is 1. The third-order valence-corrected chi connectivity index (χ3v) is 6.72. The molecule has 3 fully saturated rings. The minimum atomic E-state index is -1.42. The molecule has 4 rings (SSSR count). The van der Waals surface area contributed by atoms with E-state index in [0.717, 1.165) is 0 Å². The van der Waals surface area contributed by atoms with Gasteiger partial charge in [-0.3, -0.25) is 9.59 Å². The molecular weight excluding hydrogens is 388 g/mol. The van der Waals surface area contributed by atoms with Crippen molar-refractivity contribution < 1.29 is 24.2 Å². The molecule has 3 aliphatic rings. The van der Waals surface area contributed by atoms with Crippen LogP contribution in [0.25, 0.3) is 0 Å². The SMILES string of the molecule is Nc1cccc(C(=O)N2CC(NC(=O)C3(O)CCOCC3)CC23CCOCC3)c1N. The number of likely N-dealkylation sites (tertiary alicyclic amines) is 1. The summed E-state index contributed by atoms with van der Waals surface area (Å²) in [4.78, 5) is 28.1. The summed E-state index contributed by atoms with van der Waals surface area (Å²) >= 11 is 0. The lowest BCUT2D eigenvalue weighted by atomic mass is 9.85. The number of hydrogen-bond donors (Lipinski definition) is 4. The normalized spacial score (nSPS) is 25.2. The van der Waals surface area contributed by atoms with E-state index in [1.165, 1.54) is 0 Å². The maximum absolute atomic E-state index is 13.5. The van der Waals surface area contributed by atoms with Crippen LogP contribution in [0.2, 0.25) is 0 Å². The van der Waals surface area contributed by atoms with Crippen molar-refractivity contribution in [2.45, 2.75) is 49.3 Å². The predicted molar refractivity (Wildman–Crippen MR) is 111 cm³/mol. The van der Waals surface area contributed by atoms with Gasteiger partial charge in [0.05, 0.1) is 16.9 Å². The van der Waals surface area contributed by atoms with Crippen LogP contribution >= 0.6 is 0 Å². The summed E-state index contributed by atoms with van der Waals surface area (Å²) in [5.74, 6) is -0.584. The standard InChI is InChI=1S/C21H30N4O5/c22-16-3-1-2-15(17(16)23)18(26)25-13-14(12-20(25)4-8-29-9-5-20)24-19(27)21(28)6-10-30-11-7-21/h1-3,14,28H,4-13,22-23H2,(H,24,27). The van der Waals surface area contributed by atoms with Crippen LogP contribution in [0.5, 0.6) is 0 Å². The van der Waals surface area contributed by atoms with Crippen LogP contribution < -0.4 is 16.8 Å². The van der Waals surface area contributed by atoms with Crippen molar-refractivity contribution in [1.29, 1.82) is 0 Å². The molecule has 0 aliphatic carbocycles. The second kappa shape index (κ2) is 8.05. The summed E-state index contributed by atoms with van der Waals surface area (Å²) in [5, 5.41) is 13.7. The fourth-order valence-electron chi connectivity index (χ4n) is 4.84. The third kappa shape index (κ3) is 3.73. The molecule has 1 atom stereocenters. The highest BCUT2D eigenvalue weighted by atomic mass is 16.5. The van der Waals surface area contributed by atoms with Gasteiger partial charge < -0.3 is 36.3 Å². The maximum Gasteiger partial charge on any atom is 0.256 e. The number of benzene rings is 1. The summed E-state index contributed by atoms with van der Waals surface area (Å²) in [6.45, 7) is 2.17. The number of carbonyl (C=O) groups is 2. The van der Waals surface area contributed by atoms with E-state index in [9.17, 15) is 14.7 Å². The molecule has 9 heteroatoms. The summed E-state index contributed by atoms with van der Waals surface area (Å²) in [5.41, 5.74) is 11.2. The minimum absolute atomic E-state index is 0.191. The van der Waals surface area contributed by atoms with Crippen LogP contribution in [-0.4, -0.2) is 72.0 Å². The Morgan fingerprint density at radius 3 is 2.37 bits per heavy atom. The van der Waals surface area contributed by atoms with Gasteiger partial charge in [0.25, 0.3) is 11.8 Å². The topological polar surface area (TPSA) is 140 Å². The van der Waals surface area contributed by atoms with Gasteiger partial charge >= 0.3 is 0 Å². The number of hydrogen-bond acceptors (Lipinski definition) is 7. The predicted octanol–water partition coefficient (Wildman–Crippen LogP) is 0.272. The van der Waals surface area contributed by atoms with Crippen molar-refractivity contribution in [3.8, 4) is 0 Å². The second-order valence-corrected chi connectivity index (χ2v) is 8.58. The first-order valence-electron chi connectivity index (χ1n) is 10.5. The van der Waals surface area contributed by atoms with Gasteiger partial charge in [-0.25, -0.2) is 0 Å². The number of nitrogens with two attached hydrogens (primary N) is 2. The molecule has 1 aromatic carbocycles. The molecule has 1 unspecified atom stereocenters. The van der Waals surface area contributed by atoms with Crippen molar-refractivity contribution in [1.82, 2.24) is 10.2 Å². The summed E-state index contributed by atoms with van der Waals surface area (Å²) in [6, 6.07) is 4.80. The van der Waals surface area contributed by atoms with Crippen molar-refractivity contribution in [3.05, 3.63) is 23.8 Å². The van der Waals surface area contributed by atoms with Crippen molar-refractivity contribution in [2.24, 2.45) is 0 Å². The van der Waals surface area contributed by atoms with E-state index in [1.54, 1.807) is 18.2 Å². The van der Waals surface area contributed by atoms with Crippen LogP contribution in [0.3, 0.4) is 0 Å². The van der Waals surface area contributed by atoms with E-state index < -0.39 is 17.0 Å². The summed E-state index contributed by atoms with van der Waals surface area (Å²) in [6.07, 6.45) is 2.53. The largest absolute Gasteiger partial charge is 0.397 e. The van der Waals surface area contributed by atoms with Crippen molar-refractivity contribution >= 4 is 23.2 Å². The second-order valence-electron chi connectivity index (χ2n) is 8.58. The average Bonchev–Trinajstić information content (AvgIpc) is 3.07. The molecule has 3 heterocycles. The van der Waals surface area contributed by atoms with Gasteiger partial charge in [0.15, 0.2) is 0 Å². The van der Waals surface area contributed by atoms with E-state index in [2.05, 4.69) is 5.32 Å². The zero-order chi connectivity index (χ0) is 21.4. The van der Waals surface area contributed by atoms with Gasteiger partial charge in [0.2, 0.25) is 0 Å². The van der Waals surface area contributed by atoms with Crippen LogP contribution in [0.15, 0.2) is 18.2 Å². The lowest BCUT2D eigenvalue weighted by molar-refractivity contribution is -0.150. The first-order valence-corrected chi connectivity index (χ1v) is 10.5.